The van der Waals surface area contributed by atoms with Crippen LogP contribution in [0.1, 0.15) is 37.0 Å². The van der Waals surface area contributed by atoms with Crippen LogP contribution in [0.3, 0.4) is 0 Å². The number of rotatable bonds is 6. The Hall–Kier alpha value is -2.75. The van der Waals surface area contributed by atoms with Crippen LogP contribution >= 0.6 is 0 Å². The Morgan fingerprint density at radius 1 is 0.923 bits per heavy atom. The molecule has 4 heteroatoms. The minimum Gasteiger partial charge on any atom is -0.466 e. The second-order valence-electron chi connectivity index (χ2n) is 6.56. The fourth-order valence-electron chi connectivity index (χ4n) is 3.16. The van der Waals surface area contributed by atoms with Crippen molar-refractivity contribution in [1.82, 2.24) is 0 Å². The molecule has 0 aliphatic heterocycles. The third-order valence-electron chi connectivity index (χ3n) is 4.83. The van der Waals surface area contributed by atoms with Crippen LogP contribution in [-0.2, 0) is 14.3 Å². The molecule has 2 atom stereocenters. The standard InChI is InChI=1S/C22H24O4/c1-15-13-18(20(23)11-7-8-12-21(24)26-3)19(14-16(15)2)22(25)17-9-5-4-6-10-17/h4-12,18-19H,13-14H2,1-3H3/b11-7+,12-8+. The highest BCUT2D eigenvalue weighted by molar-refractivity contribution is 6.03. The fourth-order valence-corrected chi connectivity index (χ4v) is 3.16. The van der Waals surface area contributed by atoms with Gasteiger partial charge in [0.25, 0.3) is 0 Å². The Morgan fingerprint density at radius 2 is 1.50 bits per heavy atom. The van der Waals surface area contributed by atoms with Gasteiger partial charge in [-0.2, -0.15) is 0 Å². The second kappa shape index (κ2) is 9.09. The molecule has 0 radical (unpaired) electrons. The predicted octanol–water partition coefficient (Wildman–Crippen LogP) is 4.09. The van der Waals surface area contributed by atoms with E-state index in [1.807, 2.05) is 32.0 Å². The van der Waals surface area contributed by atoms with Crippen molar-refractivity contribution >= 4 is 17.5 Å². The maximum absolute atomic E-state index is 13.0. The minimum atomic E-state index is -0.480. The van der Waals surface area contributed by atoms with Gasteiger partial charge in [-0.25, -0.2) is 4.79 Å². The van der Waals surface area contributed by atoms with E-state index in [0.717, 1.165) is 0 Å². The van der Waals surface area contributed by atoms with Gasteiger partial charge in [0.2, 0.25) is 0 Å². The number of ketones is 2. The molecule has 0 amide bonds. The molecule has 0 spiro atoms. The highest BCUT2D eigenvalue weighted by atomic mass is 16.5. The smallest absolute Gasteiger partial charge is 0.330 e. The summed E-state index contributed by atoms with van der Waals surface area (Å²) < 4.78 is 4.50. The molecule has 1 aromatic carbocycles. The molecule has 1 aliphatic carbocycles. The minimum absolute atomic E-state index is 0.00861. The molecule has 136 valence electrons. The molecule has 0 fully saturated rings. The molecule has 1 aromatic rings. The zero-order valence-corrected chi connectivity index (χ0v) is 15.4. The third kappa shape index (κ3) is 4.88. The van der Waals surface area contributed by atoms with Crippen LogP contribution in [0, 0.1) is 11.8 Å². The van der Waals surface area contributed by atoms with Crippen LogP contribution in [0.2, 0.25) is 0 Å². The van der Waals surface area contributed by atoms with Crippen LogP contribution in [0.15, 0.2) is 65.8 Å². The van der Waals surface area contributed by atoms with Crippen LogP contribution in [0.4, 0.5) is 0 Å². The van der Waals surface area contributed by atoms with E-state index in [1.165, 1.54) is 42.6 Å². The van der Waals surface area contributed by atoms with Crippen molar-refractivity contribution < 1.29 is 19.1 Å². The van der Waals surface area contributed by atoms with E-state index in [2.05, 4.69) is 4.74 Å². The maximum atomic E-state index is 13.0. The average Bonchev–Trinajstić information content (AvgIpc) is 2.66. The highest BCUT2D eigenvalue weighted by Crippen LogP contribution is 2.36. The first-order chi connectivity index (χ1) is 12.4. The molecule has 0 saturated carbocycles. The summed E-state index contributed by atoms with van der Waals surface area (Å²) in [4.78, 5) is 36.7. The van der Waals surface area contributed by atoms with Crippen molar-refractivity contribution in [2.75, 3.05) is 7.11 Å². The van der Waals surface area contributed by atoms with E-state index in [4.69, 9.17) is 0 Å². The van der Waals surface area contributed by atoms with Crippen LogP contribution in [0.25, 0.3) is 0 Å². The number of esters is 1. The summed E-state index contributed by atoms with van der Waals surface area (Å²) in [6.07, 6.45) is 6.84. The zero-order chi connectivity index (χ0) is 19.1. The summed E-state index contributed by atoms with van der Waals surface area (Å²) in [5, 5.41) is 0. The van der Waals surface area contributed by atoms with E-state index in [0.29, 0.717) is 18.4 Å². The highest BCUT2D eigenvalue weighted by Gasteiger charge is 2.36. The van der Waals surface area contributed by atoms with Gasteiger partial charge < -0.3 is 4.74 Å². The molecular weight excluding hydrogens is 328 g/mol. The van der Waals surface area contributed by atoms with Crippen molar-refractivity contribution in [3.05, 3.63) is 71.3 Å². The van der Waals surface area contributed by atoms with Gasteiger partial charge in [-0.05, 0) is 32.8 Å². The number of allylic oxidation sites excluding steroid dienone is 5. The summed E-state index contributed by atoms with van der Waals surface area (Å²) in [5.41, 5.74) is 2.98. The zero-order valence-electron chi connectivity index (χ0n) is 15.4. The molecule has 4 nitrogen and oxygen atoms in total. The van der Waals surface area contributed by atoms with E-state index >= 15 is 0 Å². The SMILES string of the molecule is COC(=O)/C=C/C=C/C(=O)C1CC(C)=C(C)CC1C(=O)c1ccccc1. The fraction of sp³-hybridized carbons (Fsp3) is 0.318. The van der Waals surface area contributed by atoms with Gasteiger partial charge in [-0.15, -0.1) is 0 Å². The quantitative estimate of drug-likeness (QED) is 0.254. The van der Waals surface area contributed by atoms with Crippen molar-refractivity contribution in [3.63, 3.8) is 0 Å². The van der Waals surface area contributed by atoms with Crippen molar-refractivity contribution in [2.24, 2.45) is 11.8 Å². The number of carbonyl (C=O) groups excluding carboxylic acids is 3. The number of hydrogen-bond donors (Lipinski definition) is 0. The number of carbonyl (C=O) groups is 3. The first kappa shape index (κ1) is 19.6. The summed E-state index contributed by atoms with van der Waals surface area (Å²) in [5.74, 6) is -1.31. The Labute approximate surface area is 154 Å². The van der Waals surface area contributed by atoms with Crippen LogP contribution in [-0.4, -0.2) is 24.6 Å². The van der Waals surface area contributed by atoms with Gasteiger partial charge >= 0.3 is 5.97 Å². The summed E-state index contributed by atoms with van der Waals surface area (Å²) in [6, 6.07) is 9.11. The maximum Gasteiger partial charge on any atom is 0.330 e. The summed E-state index contributed by atoms with van der Waals surface area (Å²) in [6.45, 7) is 4.04. The molecule has 1 aliphatic rings. The Balaban J connectivity index is 2.21. The average molecular weight is 352 g/mol. The summed E-state index contributed by atoms with van der Waals surface area (Å²) in [7, 11) is 1.29. The lowest BCUT2D eigenvalue weighted by molar-refractivity contribution is -0.134. The van der Waals surface area contributed by atoms with Gasteiger partial charge in [-0.3, -0.25) is 9.59 Å². The monoisotopic (exact) mass is 352 g/mol. The molecular formula is C22H24O4. The molecule has 0 saturated heterocycles. The van der Waals surface area contributed by atoms with E-state index < -0.39 is 5.97 Å². The number of methoxy groups -OCH3 is 1. The van der Waals surface area contributed by atoms with Gasteiger partial charge in [0.15, 0.2) is 11.6 Å². The molecule has 26 heavy (non-hydrogen) atoms. The van der Waals surface area contributed by atoms with E-state index in [9.17, 15) is 14.4 Å². The van der Waals surface area contributed by atoms with Gasteiger partial charge in [0, 0.05) is 23.5 Å². The van der Waals surface area contributed by atoms with Gasteiger partial charge in [0.1, 0.15) is 0 Å². The van der Waals surface area contributed by atoms with E-state index in [1.54, 1.807) is 12.1 Å². The van der Waals surface area contributed by atoms with Crippen LogP contribution in [0.5, 0.6) is 0 Å². The largest absolute Gasteiger partial charge is 0.466 e. The van der Waals surface area contributed by atoms with Crippen LogP contribution < -0.4 is 0 Å². The first-order valence-corrected chi connectivity index (χ1v) is 8.65. The number of benzene rings is 1. The number of Topliss-reactive ketones (excluding diaryl/α,β-unsaturated/α-hetero) is 1. The third-order valence-corrected chi connectivity index (χ3v) is 4.83. The van der Waals surface area contributed by atoms with Gasteiger partial charge in [-0.1, -0.05) is 53.6 Å². The normalized spacial score (nSPS) is 20.6. The molecule has 0 bridgehead atoms. The molecule has 0 aromatic heterocycles. The molecule has 0 N–H and O–H groups in total. The lowest BCUT2D eigenvalue weighted by atomic mass is 9.71. The van der Waals surface area contributed by atoms with Crippen molar-refractivity contribution in [3.8, 4) is 0 Å². The number of ether oxygens (including phenoxy) is 1. The lowest BCUT2D eigenvalue weighted by Crippen LogP contribution is -2.32. The molecule has 2 rings (SSSR count). The number of hydrogen-bond acceptors (Lipinski definition) is 4. The predicted molar refractivity (Wildman–Crippen MR) is 101 cm³/mol. The molecule has 2 unspecified atom stereocenters. The second-order valence-corrected chi connectivity index (χ2v) is 6.56. The van der Waals surface area contributed by atoms with E-state index in [-0.39, 0.29) is 23.4 Å². The first-order valence-electron chi connectivity index (χ1n) is 8.65. The van der Waals surface area contributed by atoms with Crippen molar-refractivity contribution in [1.29, 1.82) is 0 Å². The lowest BCUT2D eigenvalue weighted by Gasteiger charge is -2.30. The van der Waals surface area contributed by atoms with Crippen molar-refractivity contribution in [2.45, 2.75) is 26.7 Å². The topological polar surface area (TPSA) is 60.4 Å². The molecule has 0 heterocycles. The Kier molecular flexibility index (Phi) is 6.84. The Morgan fingerprint density at radius 3 is 2.12 bits per heavy atom. The Bertz CT molecular complexity index is 769. The summed E-state index contributed by atoms with van der Waals surface area (Å²) >= 11 is 0. The van der Waals surface area contributed by atoms with Gasteiger partial charge in [0.05, 0.1) is 7.11 Å².